The summed E-state index contributed by atoms with van der Waals surface area (Å²) in [7, 11) is 0. The fourth-order valence-electron chi connectivity index (χ4n) is 2.21. The van der Waals surface area contributed by atoms with Gasteiger partial charge in [0.25, 0.3) is 0 Å². The first-order valence-corrected chi connectivity index (χ1v) is 7.96. The van der Waals surface area contributed by atoms with Crippen LogP contribution in [0.15, 0.2) is 48.7 Å². The van der Waals surface area contributed by atoms with Crippen LogP contribution in [0.4, 0.5) is 5.95 Å². The standard InChI is InChI=1S/C16H16ClN3S/c1-11-10-20(13-6-4-3-5-7-13)16(18-11)19-12(2)14-8-9-15(17)21-14/h3-10,12H,1-2H3,(H,18,19). The number of aromatic nitrogens is 2. The highest BCUT2D eigenvalue weighted by atomic mass is 35.5. The van der Waals surface area contributed by atoms with Gasteiger partial charge < -0.3 is 5.32 Å². The molecule has 1 unspecified atom stereocenters. The molecule has 0 radical (unpaired) electrons. The van der Waals surface area contributed by atoms with E-state index < -0.39 is 0 Å². The van der Waals surface area contributed by atoms with Crippen LogP contribution in [0.25, 0.3) is 5.69 Å². The number of nitrogens with one attached hydrogen (secondary N) is 1. The van der Waals surface area contributed by atoms with E-state index >= 15 is 0 Å². The summed E-state index contributed by atoms with van der Waals surface area (Å²) in [6, 6.07) is 14.3. The zero-order valence-corrected chi connectivity index (χ0v) is 13.4. The second-order valence-corrected chi connectivity index (χ2v) is 6.67. The van der Waals surface area contributed by atoms with Crippen molar-refractivity contribution >= 4 is 28.9 Å². The average molecular weight is 318 g/mol. The normalized spacial score (nSPS) is 12.3. The number of aryl methyl sites for hydroxylation is 1. The molecule has 0 aliphatic heterocycles. The van der Waals surface area contributed by atoms with Crippen LogP contribution in [0.1, 0.15) is 23.5 Å². The summed E-state index contributed by atoms with van der Waals surface area (Å²) in [5, 5.41) is 3.46. The maximum absolute atomic E-state index is 6.01. The molecule has 3 rings (SSSR count). The van der Waals surface area contributed by atoms with Gasteiger partial charge in [-0.15, -0.1) is 11.3 Å². The van der Waals surface area contributed by atoms with Gasteiger partial charge >= 0.3 is 0 Å². The van der Waals surface area contributed by atoms with Gasteiger partial charge in [0.05, 0.1) is 16.1 Å². The van der Waals surface area contributed by atoms with Crippen LogP contribution in [0.5, 0.6) is 0 Å². The van der Waals surface area contributed by atoms with Crippen molar-refractivity contribution in [1.29, 1.82) is 0 Å². The molecule has 0 amide bonds. The zero-order valence-electron chi connectivity index (χ0n) is 11.9. The molecule has 3 nitrogen and oxygen atoms in total. The number of nitrogens with zero attached hydrogens (tertiary/aromatic N) is 2. The van der Waals surface area contributed by atoms with Crippen LogP contribution >= 0.6 is 22.9 Å². The SMILES string of the molecule is Cc1cn(-c2ccccc2)c(NC(C)c2ccc(Cl)s2)n1. The van der Waals surface area contributed by atoms with Gasteiger partial charge in [-0.3, -0.25) is 4.57 Å². The minimum atomic E-state index is 0.159. The summed E-state index contributed by atoms with van der Waals surface area (Å²) in [5.41, 5.74) is 2.08. The molecular weight excluding hydrogens is 302 g/mol. The third kappa shape index (κ3) is 3.12. The van der Waals surface area contributed by atoms with Crippen molar-refractivity contribution in [3.05, 3.63) is 63.6 Å². The highest BCUT2D eigenvalue weighted by molar-refractivity contribution is 7.16. The lowest BCUT2D eigenvalue weighted by Crippen LogP contribution is -2.09. The topological polar surface area (TPSA) is 29.9 Å². The van der Waals surface area contributed by atoms with Crippen molar-refractivity contribution in [2.75, 3.05) is 5.32 Å². The van der Waals surface area contributed by atoms with E-state index in [1.807, 2.05) is 43.5 Å². The van der Waals surface area contributed by atoms with Gasteiger partial charge in [0, 0.05) is 16.8 Å². The van der Waals surface area contributed by atoms with E-state index in [1.165, 1.54) is 4.88 Å². The van der Waals surface area contributed by atoms with Gasteiger partial charge in [-0.2, -0.15) is 0 Å². The third-order valence-corrected chi connectivity index (χ3v) is 4.64. The predicted molar refractivity (Wildman–Crippen MR) is 89.7 cm³/mol. The van der Waals surface area contributed by atoms with Gasteiger partial charge in [-0.1, -0.05) is 29.8 Å². The highest BCUT2D eigenvalue weighted by Crippen LogP contribution is 2.29. The summed E-state index contributed by atoms with van der Waals surface area (Å²) >= 11 is 7.60. The molecule has 1 aromatic carbocycles. The number of hydrogen-bond acceptors (Lipinski definition) is 3. The molecule has 21 heavy (non-hydrogen) atoms. The van der Waals surface area contributed by atoms with Crippen molar-refractivity contribution in [1.82, 2.24) is 9.55 Å². The van der Waals surface area contributed by atoms with Gasteiger partial charge in [0.15, 0.2) is 0 Å². The number of anilines is 1. The summed E-state index contributed by atoms with van der Waals surface area (Å²) < 4.78 is 2.88. The highest BCUT2D eigenvalue weighted by Gasteiger charge is 2.13. The first kappa shape index (κ1) is 14.2. The Labute approximate surface area is 133 Å². The first-order chi connectivity index (χ1) is 10.1. The van der Waals surface area contributed by atoms with Crippen LogP contribution in [0.2, 0.25) is 4.34 Å². The summed E-state index contributed by atoms with van der Waals surface area (Å²) in [6.45, 7) is 4.11. The van der Waals surface area contributed by atoms with Gasteiger partial charge in [0.1, 0.15) is 0 Å². The minimum Gasteiger partial charge on any atom is -0.348 e. The Hall–Kier alpha value is -1.78. The maximum Gasteiger partial charge on any atom is 0.208 e. The van der Waals surface area contributed by atoms with Crippen LogP contribution < -0.4 is 5.32 Å². The van der Waals surface area contributed by atoms with Crippen LogP contribution in [0.3, 0.4) is 0 Å². The summed E-state index contributed by atoms with van der Waals surface area (Å²) in [4.78, 5) is 5.78. The number of rotatable bonds is 4. The van der Waals surface area contributed by atoms with Crippen LogP contribution in [0, 0.1) is 6.92 Å². The van der Waals surface area contributed by atoms with Crippen molar-refractivity contribution in [3.63, 3.8) is 0 Å². The molecule has 2 heterocycles. The fraction of sp³-hybridized carbons (Fsp3) is 0.188. The predicted octanol–water partition coefficient (Wildman–Crippen LogP) is 5.07. The number of imidazole rings is 1. The lowest BCUT2D eigenvalue weighted by molar-refractivity contribution is 0.868. The second-order valence-electron chi connectivity index (χ2n) is 4.92. The fourth-order valence-corrected chi connectivity index (χ4v) is 3.27. The minimum absolute atomic E-state index is 0.159. The van der Waals surface area contributed by atoms with Gasteiger partial charge in [0.2, 0.25) is 5.95 Å². The Morgan fingerprint density at radius 2 is 1.95 bits per heavy atom. The monoisotopic (exact) mass is 317 g/mol. The molecule has 0 spiro atoms. The number of halogens is 1. The van der Waals surface area contributed by atoms with Gasteiger partial charge in [-0.05, 0) is 38.1 Å². The van der Waals surface area contributed by atoms with E-state index in [0.29, 0.717) is 0 Å². The Balaban J connectivity index is 1.89. The Kier molecular flexibility index (Phi) is 3.99. The number of hydrogen-bond donors (Lipinski definition) is 1. The molecule has 1 N–H and O–H groups in total. The van der Waals surface area contributed by atoms with Crippen molar-refractivity contribution in [2.24, 2.45) is 0 Å². The van der Waals surface area contributed by atoms with E-state index in [0.717, 1.165) is 21.7 Å². The van der Waals surface area contributed by atoms with Crippen molar-refractivity contribution < 1.29 is 0 Å². The number of thiophene rings is 1. The molecule has 0 bridgehead atoms. The largest absolute Gasteiger partial charge is 0.348 e. The molecule has 3 aromatic rings. The number of benzene rings is 1. The van der Waals surface area contributed by atoms with Crippen LogP contribution in [-0.2, 0) is 0 Å². The molecule has 0 saturated carbocycles. The van der Waals surface area contributed by atoms with E-state index in [9.17, 15) is 0 Å². The third-order valence-electron chi connectivity index (χ3n) is 3.23. The van der Waals surface area contributed by atoms with E-state index in [2.05, 4.69) is 33.9 Å². The van der Waals surface area contributed by atoms with Gasteiger partial charge in [-0.25, -0.2) is 4.98 Å². The molecule has 5 heteroatoms. The molecule has 2 aromatic heterocycles. The van der Waals surface area contributed by atoms with Crippen molar-refractivity contribution in [3.8, 4) is 5.69 Å². The molecule has 0 fully saturated rings. The zero-order chi connectivity index (χ0) is 14.8. The molecule has 0 saturated heterocycles. The Morgan fingerprint density at radius 1 is 1.19 bits per heavy atom. The smallest absolute Gasteiger partial charge is 0.208 e. The molecule has 1 atom stereocenters. The molecule has 0 aliphatic carbocycles. The number of para-hydroxylation sites is 1. The quantitative estimate of drug-likeness (QED) is 0.728. The Bertz CT molecular complexity index is 733. The van der Waals surface area contributed by atoms with Crippen molar-refractivity contribution in [2.45, 2.75) is 19.9 Å². The molecular formula is C16H16ClN3S. The summed E-state index contributed by atoms with van der Waals surface area (Å²) in [6.07, 6.45) is 2.03. The maximum atomic E-state index is 6.01. The second kappa shape index (κ2) is 5.92. The summed E-state index contributed by atoms with van der Waals surface area (Å²) in [5.74, 6) is 0.843. The lowest BCUT2D eigenvalue weighted by Gasteiger charge is -2.14. The van der Waals surface area contributed by atoms with E-state index in [1.54, 1.807) is 11.3 Å². The van der Waals surface area contributed by atoms with E-state index in [4.69, 9.17) is 11.6 Å². The average Bonchev–Trinajstić information content (AvgIpc) is 3.06. The molecule has 0 aliphatic rings. The van der Waals surface area contributed by atoms with E-state index in [-0.39, 0.29) is 6.04 Å². The first-order valence-electron chi connectivity index (χ1n) is 6.76. The lowest BCUT2D eigenvalue weighted by atomic mass is 10.3. The Morgan fingerprint density at radius 3 is 2.62 bits per heavy atom. The van der Waals surface area contributed by atoms with Crippen LogP contribution in [-0.4, -0.2) is 9.55 Å². The molecule has 108 valence electrons.